The normalized spacial score (nSPS) is 11.9. The molecule has 3 rings (SSSR count). The summed E-state index contributed by atoms with van der Waals surface area (Å²) in [6.07, 6.45) is 0. The van der Waals surface area contributed by atoms with Crippen LogP contribution in [0.3, 0.4) is 0 Å². The fourth-order valence-electron chi connectivity index (χ4n) is 1.99. The van der Waals surface area contributed by atoms with Crippen LogP contribution in [-0.2, 0) is 0 Å². The molecule has 0 spiro atoms. The van der Waals surface area contributed by atoms with Crippen LogP contribution in [0.4, 0.5) is 13.9 Å². The van der Waals surface area contributed by atoms with Crippen molar-refractivity contribution >= 4 is 32.4 Å². The zero-order valence-electron chi connectivity index (χ0n) is 12.2. The van der Waals surface area contributed by atoms with Crippen LogP contribution in [0.25, 0.3) is 10.2 Å². The van der Waals surface area contributed by atoms with Gasteiger partial charge in [-0.25, -0.2) is 4.98 Å². The third-order valence-corrected chi connectivity index (χ3v) is 4.05. The van der Waals surface area contributed by atoms with Gasteiger partial charge >= 0.3 is 6.61 Å². The Balaban J connectivity index is 1.71. The van der Waals surface area contributed by atoms with Crippen LogP contribution >= 0.6 is 11.3 Å². The van der Waals surface area contributed by atoms with E-state index < -0.39 is 6.61 Å². The van der Waals surface area contributed by atoms with Crippen molar-refractivity contribution in [1.82, 2.24) is 4.98 Å². The van der Waals surface area contributed by atoms with Gasteiger partial charge in [0.15, 0.2) is 0 Å². The van der Waals surface area contributed by atoms with Crippen molar-refractivity contribution in [3.63, 3.8) is 0 Å². The summed E-state index contributed by atoms with van der Waals surface area (Å²) in [5, 5.41) is 4.97. The first-order chi connectivity index (χ1) is 11.1. The van der Waals surface area contributed by atoms with Crippen molar-refractivity contribution in [1.29, 1.82) is 0 Å². The minimum absolute atomic E-state index is 0.121. The molecule has 0 aliphatic rings. The Bertz CT molecular complexity index is 798. The highest BCUT2D eigenvalue weighted by molar-refractivity contribution is 7.22. The van der Waals surface area contributed by atoms with Gasteiger partial charge in [-0.1, -0.05) is 23.5 Å². The molecular formula is C16H13F2N3OS. The minimum Gasteiger partial charge on any atom is -0.435 e. The number of rotatable bonds is 5. The first kappa shape index (κ1) is 15.4. The third-order valence-electron chi connectivity index (χ3n) is 3.11. The lowest BCUT2D eigenvalue weighted by atomic mass is 10.1. The van der Waals surface area contributed by atoms with Crippen molar-refractivity contribution in [2.45, 2.75) is 13.5 Å². The molecule has 1 aromatic heterocycles. The molecule has 118 valence electrons. The summed E-state index contributed by atoms with van der Waals surface area (Å²) in [7, 11) is 0. The molecular weight excluding hydrogens is 320 g/mol. The van der Waals surface area contributed by atoms with E-state index in [1.165, 1.54) is 23.5 Å². The number of hydrogen-bond donors (Lipinski definition) is 1. The summed E-state index contributed by atoms with van der Waals surface area (Å²) >= 11 is 1.51. The fraction of sp³-hybridized carbons (Fsp3) is 0.125. The molecule has 0 aliphatic heterocycles. The Hall–Kier alpha value is -2.54. The highest BCUT2D eigenvalue weighted by Crippen LogP contribution is 2.25. The maximum absolute atomic E-state index is 12.1. The van der Waals surface area contributed by atoms with Crippen LogP contribution in [0.2, 0.25) is 0 Å². The molecule has 0 bridgehead atoms. The lowest BCUT2D eigenvalue weighted by Crippen LogP contribution is -2.03. The van der Waals surface area contributed by atoms with Crippen LogP contribution in [0.15, 0.2) is 53.6 Å². The zero-order chi connectivity index (χ0) is 16.2. The molecule has 0 saturated heterocycles. The van der Waals surface area contributed by atoms with E-state index in [2.05, 4.69) is 20.2 Å². The van der Waals surface area contributed by atoms with Gasteiger partial charge in [-0.15, -0.1) is 0 Å². The van der Waals surface area contributed by atoms with E-state index in [4.69, 9.17) is 0 Å². The first-order valence-corrected chi connectivity index (χ1v) is 7.64. The Morgan fingerprint density at radius 2 is 1.91 bits per heavy atom. The highest BCUT2D eigenvalue weighted by Gasteiger charge is 2.05. The molecule has 0 atom stereocenters. The van der Waals surface area contributed by atoms with Gasteiger partial charge in [0.1, 0.15) is 5.75 Å². The minimum atomic E-state index is -2.82. The van der Waals surface area contributed by atoms with Gasteiger partial charge in [0.25, 0.3) is 0 Å². The quantitative estimate of drug-likeness (QED) is 0.542. The summed E-state index contributed by atoms with van der Waals surface area (Å²) in [4.78, 5) is 4.42. The fourth-order valence-corrected chi connectivity index (χ4v) is 2.80. The zero-order valence-corrected chi connectivity index (χ0v) is 13.0. The topological polar surface area (TPSA) is 46.5 Å². The SMILES string of the molecule is C/C(=N/Nc1nc2ccccc2s1)c1ccc(OC(F)F)cc1. The number of thiazole rings is 1. The summed E-state index contributed by atoms with van der Waals surface area (Å²) in [6.45, 7) is -1.00. The van der Waals surface area contributed by atoms with E-state index in [1.54, 1.807) is 12.1 Å². The number of nitrogens with zero attached hydrogens (tertiary/aromatic N) is 2. The Morgan fingerprint density at radius 1 is 1.17 bits per heavy atom. The molecule has 3 aromatic rings. The molecule has 0 unspecified atom stereocenters. The van der Waals surface area contributed by atoms with Gasteiger partial charge < -0.3 is 4.74 Å². The molecule has 4 nitrogen and oxygen atoms in total. The Kier molecular flexibility index (Phi) is 4.47. The van der Waals surface area contributed by atoms with Crippen molar-refractivity contribution in [3.8, 4) is 5.75 Å². The van der Waals surface area contributed by atoms with Gasteiger partial charge in [-0.2, -0.15) is 13.9 Å². The molecule has 0 aliphatic carbocycles. The summed E-state index contributed by atoms with van der Waals surface area (Å²) < 4.78 is 29.6. The number of hydrazone groups is 1. The molecule has 2 aromatic carbocycles. The first-order valence-electron chi connectivity index (χ1n) is 6.83. The predicted octanol–water partition coefficient (Wildman–Crippen LogP) is 4.73. The number of alkyl halides is 2. The number of ether oxygens (including phenoxy) is 1. The summed E-state index contributed by atoms with van der Waals surface area (Å²) in [5.74, 6) is 0.121. The number of para-hydroxylation sites is 1. The van der Waals surface area contributed by atoms with Crippen molar-refractivity contribution in [3.05, 3.63) is 54.1 Å². The van der Waals surface area contributed by atoms with Crippen LogP contribution in [0.1, 0.15) is 12.5 Å². The van der Waals surface area contributed by atoms with E-state index in [0.717, 1.165) is 15.8 Å². The van der Waals surface area contributed by atoms with Gasteiger partial charge in [-0.05, 0) is 48.9 Å². The molecule has 7 heteroatoms. The van der Waals surface area contributed by atoms with Crippen LogP contribution in [-0.4, -0.2) is 17.3 Å². The second kappa shape index (κ2) is 6.70. The molecule has 23 heavy (non-hydrogen) atoms. The summed E-state index contributed by atoms with van der Waals surface area (Å²) in [5.41, 5.74) is 5.36. The molecule has 0 fully saturated rings. The molecule has 0 saturated carbocycles. The maximum Gasteiger partial charge on any atom is 0.387 e. The van der Waals surface area contributed by atoms with Crippen molar-refractivity contribution in [2.24, 2.45) is 5.10 Å². The standard InChI is InChI=1S/C16H13F2N3OS/c1-10(11-6-8-12(9-7-11)22-15(17)18)20-21-16-19-13-4-2-3-5-14(13)23-16/h2-9,15H,1H3,(H,19,21)/b20-10-. The molecule has 1 heterocycles. The largest absolute Gasteiger partial charge is 0.435 e. The van der Waals surface area contributed by atoms with Crippen molar-refractivity contribution < 1.29 is 13.5 Å². The Morgan fingerprint density at radius 3 is 2.61 bits per heavy atom. The number of halogens is 2. The second-order valence-electron chi connectivity index (χ2n) is 4.70. The summed E-state index contributed by atoms with van der Waals surface area (Å²) in [6, 6.07) is 14.2. The number of benzene rings is 2. The number of hydrogen-bond acceptors (Lipinski definition) is 5. The molecule has 0 amide bonds. The lowest BCUT2D eigenvalue weighted by Gasteiger charge is -2.05. The lowest BCUT2D eigenvalue weighted by molar-refractivity contribution is -0.0498. The monoisotopic (exact) mass is 333 g/mol. The number of nitrogens with one attached hydrogen (secondary N) is 1. The van der Waals surface area contributed by atoms with Gasteiger partial charge in [0.2, 0.25) is 5.13 Å². The van der Waals surface area contributed by atoms with Gasteiger partial charge in [0, 0.05) is 0 Å². The third kappa shape index (κ3) is 3.81. The molecule has 0 radical (unpaired) electrons. The number of aromatic nitrogens is 1. The average molecular weight is 333 g/mol. The maximum atomic E-state index is 12.1. The molecule has 1 N–H and O–H groups in total. The van der Waals surface area contributed by atoms with E-state index >= 15 is 0 Å². The second-order valence-corrected chi connectivity index (χ2v) is 5.73. The van der Waals surface area contributed by atoms with Gasteiger partial charge in [-0.3, -0.25) is 5.43 Å². The smallest absolute Gasteiger partial charge is 0.387 e. The van der Waals surface area contributed by atoms with Crippen LogP contribution in [0.5, 0.6) is 5.75 Å². The van der Waals surface area contributed by atoms with E-state index in [0.29, 0.717) is 10.8 Å². The van der Waals surface area contributed by atoms with E-state index in [-0.39, 0.29) is 5.75 Å². The highest BCUT2D eigenvalue weighted by atomic mass is 32.1. The van der Waals surface area contributed by atoms with Crippen LogP contribution < -0.4 is 10.2 Å². The predicted molar refractivity (Wildman–Crippen MR) is 88.5 cm³/mol. The number of fused-ring (bicyclic) bond motifs is 1. The average Bonchev–Trinajstić information content (AvgIpc) is 2.95. The Labute approximate surface area is 135 Å². The van der Waals surface area contributed by atoms with Gasteiger partial charge in [0.05, 0.1) is 15.9 Å². The number of anilines is 1. The van der Waals surface area contributed by atoms with E-state index in [1.807, 2.05) is 31.2 Å². The van der Waals surface area contributed by atoms with Crippen molar-refractivity contribution in [2.75, 3.05) is 5.43 Å². The van der Waals surface area contributed by atoms with E-state index in [9.17, 15) is 8.78 Å². The van der Waals surface area contributed by atoms with Crippen LogP contribution in [0, 0.1) is 0 Å².